The third-order valence-electron chi connectivity index (χ3n) is 17.4. The molecule has 5 aliphatic carbocycles. The first-order chi connectivity index (χ1) is 23.9. The first kappa shape index (κ1) is 37.5. The van der Waals surface area contributed by atoms with Gasteiger partial charge in [-0.3, -0.25) is 9.80 Å². The van der Waals surface area contributed by atoms with E-state index < -0.39 is 24.2 Å². The van der Waals surface area contributed by atoms with E-state index in [2.05, 4.69) is 39.5 Å². The fourth-order valence-corrected chi connectivity index (χ4v) is 15.0. The topological polar surface area (TPSA) is 83.9 Å². The fourth-order valence-electron chi connectivity index (χ4n) is 15.0. The molecule has 0 radical (unpaired) electrons. The first-order valence-electron chi connectivity index (χ1n) is 20.6. The van der Waals surface area contributed by atoms with Crippen molar-refractivity contribution in [1.29, 1.82) is 0 Å². The molecule has 8 fully saturated rings. The fraction of sp³-hybridized carbons (Fsp3) is 1.00. The van der Waals surface area contributed by atoms with E-state index >= 15 is 0 Å². The van der Waals surface area contributed by atoms with Crippen molar-refractivity contribution in [3.63, 3.8) is 0 Å². The van der Waals surface area contributed by atoms with E-state index in [-0.39, 0.29) is 58.7 Å². The molecule has 2 spiro atoms. The second-order valence-electron chi connectivity index (χ2n) is 20.3. The van der Waals surface area contributed by atoms with E-state index in [0.29, 0.717) is 62.1 Å². The Balaban J connectivity index is 0.976. The van der Waals surface area contributed by atoms with Gasteiger partial charge in [0.25, 0.3) is 6.43 Å². The van der Waals surface area contributed by atoms with Crippen molar-refractivity contribution in [2.75, 3.05) is 45.9 Å². The molecule has 14 atom stereocenters. The van der Waals surface area contributed by atoms with Gasteiger partial charge >= 0.3 is 0 Å². The number of morpholine rings is 1. The summed E-state index contributed by atoms with van der Waals surface area (Å²) in [4.78, 5) is 4.24. The highest BCUT2D eigenvalue weighted by molar-refractivity contribution is 5.33. The number of rotatable bonds is 9. The normalized spacial score (nSPS) is 50.4. The van der Waals surface area contributed by atoms with Crippen molar-refractivity contribution in [3.05, 3.63) is 0 Å². The van der Waals surface area contributed by atoms with Crippen LogP contribution in [0.3, 0.4) is 0 Å². The quantitative estimate of drug-likeness (QED) is 0.302. The van der Waals surface area contributed by atoms with Crippen LogP contribution < -0.4 is 0 Å². The van der Waals surface area contributed by atoms with E-state index in [0.717, 1.165) is 38.6 Å². The van der Waals surface area contributed by atoms with Crippen LogP contribution in [0.2, 0.25) is 0 Å². The van der Waals surface area contributed by atoms with Crippen molar-refractivity contribution in [1.82, 2.24) is 9.80 Å². The molecule has 3 aliphatic heterocycles. The van der Waals surface area contributed by atoms with Gasteiger partial charge in [0, 0.05) is 44.2 Å². The zero-order chi connectivity index (χ0) is 36.5. The second-order valence-corrected chi connectivity index (χ2v) is 20.3. The number of hydrogen-bond donors (Lipinski definition) is 2. The van der Waals surface area contributed by atoms with Gasteiger partial charge in [0.15, 0.2) is 6.29 Å². The predicted octanol–water partition coefficient (Wildman–Crippen LogP) is 5.97. The van der Waals surface area contributed by atoms with Crippen LogP contribution in [0, 0.1) is 50.7 Å². The van der Waals surface area contributed by atoms with Gasteiger partial charge in [0.2, 0.25) is 0 Å². The van der Waals surface area contributed by atoms with Gasteiger partial charge in [-0.05, 0) is 117 Å². The van der Waals surface area contributed by atoms with Crippen LogP contribution in [0.5, 0.6) is 0 Å². The molecule has 0 aromatic heterocycles. The maximum atomic E-state index is 12.9. The predicted molar refractivity (Wildman–Crippen MR) is 190 cm³/mol. The van der Waals surface area contributed by atoms with Gasteiger partial charge in [-0.2, -0.15) is 0 Å². The third-order valence-corrected chi connectivity index (χ3v) is 17.4. The van der Waals surface area contributed by atoms with Gasteiger partial charge < -0.3 is 29.2 Å². The summed E-state index contributed by atoms with van der Waals surface area (Å²) in [5, 5.41) is 23.7. The molecule has 10 heteroatoms. The van der Waals surface area contributed by atoms with Crippen molar-refractivity contribution >= 4 is 0 Å². The van der Waals surface area contributed by atoms with Crippen LogP contribution >= 0.6 is 0 Å². The van der Waals surface area contributed by atoms with Gasteiger partial charge in [-0.1, -0.05) is 34.6 Å². The summed E-state index contributed by atoms with van der Waals surface area (Å²) in [5.41, 5.74) is -0.723. The van der Waals surface area contributed by atoms with E-state index in [1.54, 1.807) is 0 Å². The summed E-state index contributed by atoms with van der Waals surface area (Å²) in [6.45, 7) is 21.7. The minimum absolute atomic E-state index is 0.00304. The van der Waals surface area contributed by atoms with Gasteiger partial charge in [-0.15, -0.1) is 0 Å². The molecule has 8 aliphatic rings. The smallest absolute Gasteiger partial charge is 0.251 e. The Hall–Kier alpha value is -0.460. The zero-order valence-electron chi connectivity index (χ0n) is 32.7. The molecule has 2 N–H and O–H groups in total. The molecule has 3 heterocycles. The summed E-state index contributed by atoms with van der Waals surface area (Å²) in [7, 11) is 0. The Morgan fingerprint density at radius 1 is 0.980 bits per heavy atom. The average molecular weight is 723 g/mol. The maximum absolute atomic E-state index is 12.9. The minimum atomic E-state index is -2.28. The lowest BCUT2D eigenvalue weighted by Crippen LogP contribution is -2.64. The molecule has 3 saturated heterocycles. The van der Waals surface area contributed by atoms with E-state index in [1.807, 2.05) is 25.7 Å². The van der Waals surface area contributed by atoms with E-state index in [9.17, 15) is 19.0 Å². The van der Waals surface area contributed by atoms with Gasteiger partial charge in [0.05, 0.1) is 43.2 Å². The third kappa shape index (κ3) is 5.36. The molecule has 0 aromatic rings. The molecule has 8 nitrogen and oxygen atoms in total. The number of nitrogens with zero attached hydrogens (tertiary/aromatic N) is 2. The molecular weight excluding hydrogens is 654 g/mol. The molecule has 8 rings (SSSR count). The summed E-state index contributed by atoms with van der Waals surface area (Å²) in [5.74, 6) is 1.68. The molecule has 292 valence electrons. The summed E-state index contributed by atoms with van der Waals surface area (Å²) < 4.78 is 51.9. The van der Waals surface area contributed by atoms with Crippen LogP contribution in [0.1, 0.15) is 107 Å². The number of aliphatic hydroxyl groups excluding tert-OH is 1. The highest BCUT2D eigenvalue weighted by Crippen LogP contribution is 2.89. The lowest BCUT2D eigenvalue weighted by molar-refractivity contribution is -0.253. The number of hydrogen-bond acceptors (Lipinski definition) is 8. The molecule has 0 aromatic carbocycles. The van der Waals surface area contributed by atoms with Crippen molar-refractivity contribution in [2.45, 2.75) is 162 Å². The molecule has 51 heavy (non-hydrogen) atoms. The Bertz CT molecular complexity index is 1310. The van der Waals surface area contributed by atoms with Crippen molar-refractivity contribution < 1.29 is 37.9 Å². The number of alkyl halides is 2. The number of ether oxygens (including phenoxy) is 4. The summed E-state index contributed by atoms with van der Waals surface area (Å²) >= 11 is 0. The lowest BCUT2D eigenvalue weighted by atomic mass is 9.41. The second kappa shape index (κ2) is 12.5. The molecule has 0 bridgehead atoms. The van der Waals surface area contributed by atoms with Crippen molar-refractivity contribution in [3.8, 4) is 0 Å². The van der Waals surface area contributed by atoms with Crippen LogP contribution in [0.25, 0.3) is 0 Å². The van der Waals surface area contributed by atoms with Crippen LogP contribution in [0.15, 0.2) is 0 Å². The Morgan fingerprint density at radius 3 is 2.37 bits per heavy atom. The number of fused-ring (bicyclic) bond motifs is 4. The molecular formula is C41H68F2N2O6. The largest absolute Gasteiger partial charge is 0.390 e. The zero-order valence-corrected chi connectivity index (χ0v) is 32.7. The van der Waals surface area contributed by atoms with Crippen LogP contribution in [-0.4, -0.2) is 121 Å². The highest BCUT2D eigenvalue weighted by Gasteiger charge is 2.84. The van der Waals surface area contributed by atoms with E-state index in [1.165, 1.54) is 19.3 Å². The summed E-state index contributed by atoms with van der Waals surface area (Å²) in [6, 6.07) is 0.308. The Kier molecular flexibility index (Phi) is 9.20. The molecule has 0 unspecified atom stereocenters. The van der Waals surface area contributed by atoms with Gasteiger partial charge in [0.1, 0.15) is 6.10 Å². The number of halogens is 2. The standard InChI is InChI=1S/C41H68F2N2O6/c1-9-48-35(37(5,6)47)26-18-24(2)32-33(50-26)34(46)39(8)28-11-10-27-36(3,4)29(12-13-40(27)23-41(28,40)15-14-38(32,39)7)51-31-22-45(16-17-49-31)25-19-44(20-25)21-30(42)43/h24-35,46-47H,9-23H2,1-8H3/t24-,26-,27+,28+,29+,31+,32+,33+,34+,35+,38-,39-,40-,41+/m1/s1. The average Bonchev–Trinajstić information content (AvgIpc) is 3.67. The van der Waals surface area contributed by atoms with Crippen molar-refractivity contribution in [2.24, 2.45) is 50.7 Å². The molecule has 5 saturated carbocycles. The first-order valence-corrected chi connectivity index (χ1v) is 20.6. The maximum Gasteiger partial charge on any atom is 0.251 e. The number of likely N-dealkylation sites (tertiary alicyclic amines) is 1. The molecule has 0 amide bonds. The number of aliphatic hydroxyl groups is 2. The van der Waals surface area contributed by atoms with Crippen LogP contribution in [-0.2, 0) is 18.9 Å². The van der Waals surface area contributed by atoms with Crippen LogP contribution in [0.4, 0.5) is 8.78 Å². The minimum Gasteiger partial charge on any atom is -0.390 e. The summed E-state index contributed by atoms with van der Waals surface area (Å²) in [6.07, 6.45) is 5.09. The monoisotopic (exact) mass is 723 g/mol. The highest BCUT2D eigenvalue weighted by atomic mass is 19.3. The Morgan fingerprint density at radius 2 is 1.69 bits per heavy atom. The SMILES string of the molecule is CCO[C@@H]([C@H]1C[C@@H](C)[C@H]2[C@H](O1)[C@H](O)[C@@]1(C)[C@@H]3CC[C@H]4C(C)(C)[C@@H](O[C@H]5CN(C6CN(CC(F)F)C6)CCO5)CC[C@@]45C[C@@]35CC[C@]21C)C(C)(C)O. The van der Waals surface area contributed by atoms with Gasteiger partial charge in [-0.25, -0.2) is 8.78 Å². The lowest BCUT2D eigenvalue weighted by Gasteiger charge is -2.64. The Labute approximate surface area is 305 Å². The van der Waals surface area contributed by atoms with E-state index in [4.69, 9.17) is 18.9 Å².